The third-order valence-corrected chi connectivity index (χ3v) is 3.16. The fraction of sp³-hybridized carbons (Fsp3) is 0.333. The molecule has 0 bridgehead atoms. The summed E-state index contributed by atoms with van der Waals surface area (Å²) >= 11 is 5.06. The van der Waals surface area contributed by atoms with Crippen molar-refractivity contribution in [3.8, 4) is 11.9 Å². The predicted molar refractivity (Wildman–Crippen MR) is 65.6 cm³/mol. The molecule has 0 N–H and O–H groups in total. The Bertz CT molecular complexity index is 459. The summed E-state index contributed by atoms with van der Waals surface area (Å²) < 4.78 is 40.9. The molecule has 0 aromatic carbocycles. The molecule has 1 rings (SSSR count). The molecule has 1 heterocycles. The zero-order valence-corrected chi connectivity index (χ0v) is 11.9. The Morgan fingerprint density at radius 2 is 2.18 bits per heavy atom. The summed E-state index contributed by atoms with van der Waals surface area (Å²) in [5, 5.41) is 8.85. The van der Waals surface area contributed by atoms with Gasteiger partial charge in [-0.1, -0.05) is 15.9 Å². The molecular formula is C9H5BrF3IN2O. The van der Waals surface area contributed by atoms with Gasteiger partial charge < -0.3 is 4.74 Å². The molecule has 1 aromatic heterocycles. The zero-order valence-electron chi connectivity index (χ0n) is 8.18. The fourth-order valence-electron chi connectivity index (χ4n) is 1.05. The Balaban J connectivity index is 3.20. The lowest BCUT2D eigenvalue weighted by Gasteiger charge is -2.12. The second kappa shape index (κ2) is 5.86. The summed E-state index contributed by atoms with van der Waals surface area (Å²) in [7, 11) is 0. The second-order valence-corrected chi connectivity index (χ2v) is 4.62. The number of nitriles is 1. The number of hydrogen-bond acceptors (Lipinski definition) is 3. The summed E-state index contributed by atoms with van der Waals surface area (Å²) in [5.41, 5.74) is 0.561. The molecule has 17 heavy (non-hydrogen) atoms. The summed E-state index contributed by atoms with van der Waals surface area (Å²) in [6.45, 7) is 0. The highest BCUT2D eigenvalue weighted by Crippen LogP contribution is 2.28. The SMILES string of the molecule is N#CCc1cc(I)c(CBr)nc1OC(F)(F)F. The Morgan fingerprint density at radius 1 is 1.53 bits per heavy atom. The van der Waals surface area contributed by atoms with E-state index in [4.69, 9.17) is 5.26 Å². The molecule has 0 saturated heterocycles. The molecular weight excluding hydrogens is 416 g/mol. The highest BCUT2D eigenvalue weighted by atomic mass is 127. The van der Waals surface area contributed by atoms with Gasteiger partial charge in [0, 0.05) is 14.5 Å². The van der Waals surface area contributed by atoms with Gasteiger partial charge in [0.25, 0.3) is 0 Å². The lowest BCUT2D eigenvalue weighted by molar-refractivity contribution is -0.276. The molecule has 0 fully saturated rings. The monoisotopic (exact) mass is 420 g/mol. The van der Waals surface area contributed by atoms with E-state index in [1.54, 1.807) is 6.07 Å². The molecule has 0 amide bonds. The second-order valence-electron chi connectivity index (χ2n) is 2.90. The third kappa shape index (κ3) is 4.31. The first-order valence-corrected chi connectivity index (χ1v) is 6.44. The smallest absolute Gasteiger partial charge is 0.388 e. The molecule has 0 aliphatic rings. The Kier molecular flexibility index (Phi) is 5.00. The van der Waals surface area contributed by atoms with Gasteiger partial charge in [-0.3, -0.25) is 0 Å². The van der Waals surface area contributed by atoms with E-state index in [0.29, 0.717) is 14.6 Å². The zero-order chi connectivity index (χ0) is 13.1. The average Bonchev–Trinajstić information content (AvgIpc) is 2.20. The van der Waals surface area contributed by atoms with Crippen molar-refractivity contribution < 1.29 is 17.9 Å². The number of nitrogens with zero attached hydrogens (tertiary/aromatic N) is 2. The maximum Gasteiger partial charge on any atom is 0.574 e. The van der Waals surface area contributed by atoms with Crippen LogP contribution in [0.15, 0.2) is 6.07 Å². The van der Waals surface area contributed by atoms with Crippen LogP contribution in [0.4, 0.5) is 13.2 Å². The molecule has 0 aliphatic carbocycles. The molecule has 0 atom stereocenters. The van der Waals surface area contributed by atoms with Crippen molar-refractivity contribution in [2.45, 2.75) is 18.1 Å². The van der Waals surface area contributed by atoms with Crippen LogP contribution in [-0.4, -0.2) is 11.3 Å². The van der Waals surface area contributed by atoms with Crippen LogP contribution < -0.4 is 4.74 Å². The van der Waals surface area contributed by atoms with Crippen molar-refractivity contribution >= 4 is 38.5 Å². The van der Waals surface area contributed by atoms with Crippen molar-refractivity contribution in [1.29, 1.82) is 5.26 Å². The first-order valence-electron chi connectivity index (χ1n) is 4.24. The highest BCUT2D eigenvalue weighted by molar-refractivity contribution is 14.1. The van der Waals surface area contributed by atoms with Crippen LogP contribution in [0.5, 0.6) is 5.88 Å². The van der Waals surface area contributed by atoms with E-state index in [1.807, 2.05) is 22.6 Å². The van der Waals surface area contributed by atoms with Gasteiger partial charge in [0.1, 0.15) is 0 Å². The minimum Gasteiger partial charge on any atom is -0.388 e. The average molecular weight is 421 g/mol. The van der Waals surface area contributed by atoms with Crippen molar-refractivity contribution in [2.75, 3.05) is 0 Å². The third-order valence-electron chi connectivity index (χ3n) is 1.70. The van der Waals surface area contributed by atoms with Crippen LogP contribution in [0, 0.1) is 14.9 Å². The van der Waals surface area contributed by atoms with E-state index in [2.05, 4.69) is 25.7 Å². The van der Waals surface area contributed by atoms with Gasteiger partial charge in [-0.25, -0.2) is 4.98 Å². The largest absolute Gasteiger partial charge is 0.574 e. The Morgan fingerprint density at radius 3 is 2.65 bits per heavy atom. The number of ether oxygens (including phenoxy) is 1. The van der Waals surface area contributed by atoms with Gasteiger partial charge in [0.2, 0.25) is 5.88 Å². The Hall–Kier alpha value is -0.560. The maximum absolute atomic E-state index is 12.1. The minimum absolute atomic E-state index is 0.124. The van der Waals surface area contributed by atoms with E-state index >= 15 is 0 Å². The van der Waals surface area contributed by atoms with Crippen LogP contribution in [0.25, 0.3) is 0 Å². The molecule has 1 aromatic rings. The number of pyridine rings is 1. The summed E-state index contributed by atoms with van der Waals surface area (Å²) in [6, 6.07) is 3.24. The molecule has 0 spiro atoms. The van der Waals surface area contributed by atoms with Gasteiger partial charge in [-0.2, -0.15) is 5.26 Å². The van der Waals surface area contributed by atoms with Crippen LogP contribution in [0.1, 0.15) is 11.3 Å². The molecule has 92 valence electrons. The van der Waals surface area contributed by atoms with Crippen molar-refractivity contribution in [3.63, 3.8) is 0 Å². The number of alkyl halides is 4. The lowest BCUT2D eigenvalue weighted by Crippen LogP contribution is -2.19. The predicted octanol–water partition coefficient (Wildman–Crippen LogP) is 3.55. The van der Waals surface area contributed by atoms with Gasteiger partial charge >= 0.3 is 6.36 Å². The Labute approximate surface area is 117 Å². The number of hydrogen-bond donors (Lipinski definition) is 0. The van der Waals surface area contributed by atoms with Gasteiger partial charge in [0.05, 0.1) is 18.2 Å². The molecule has 0 unspecified atom stereocenters. The van der Waals surface area contributed by atoms with Gasteiger partial charge in [-0.15, -0.1) is 13.2 Å². The molecule has 0 aliphatic heterocycles. The summed E-state index contributed by atoms with van der Waals surface area (Å²) in [5.74, 6) is -0.561. The van der Waals surface area contributed by atoms with Crippen LogP contribution in [0.3, 0.4) is 0 Å². The highest BCUT2D eigenvalue weighted by Gasteiger charge is 2.33. The minimum atomic E-state index is -4.81. The van der Waals surface area contributed by atoms with Crippen molar-refractivity contribution in [1.82, 2.24) is 4.98 Å². The lowest BCUT2D eigenvalue weighted by atomic mass is 10.2. The van der Waals surface area contributed by atoms with E-state index in [1.165, 1.54) is 6.07 Å². The number of rotatable bonds is 3. The topological polar surface area (TPSA) is 45.9 Å². The van der Waals surface area contributed by atoms with Crippen LogP contribution in [-0.2, 0) is 11.8 Å². The van der Waals surface area contributed by atoms with Gasteiger partial charge in [-0.05, 0) is 28.7 Å². The van der Waals surface area contributed by atoms with E-state index in [0.717, 1.165) is 0 Å². The standard InChI is InChI=1S/C9H5BrF3IN2O/c10-4-7-6(14)3-5(1-2-15)8(16-7)17-9(11,12)13/h3H,1,4H2. The maximum atomic E-state index is 12.1. The van der Waals surface area contributed by atoms with Gasteiger partial charge in [0.15, 0.2) is 0 Å². The quantitative estimate of drug-likeness (QED) is 0.555. The van der Waals surface area contributed by atoms with E-state index in [9.17, 15) is 13.2 Å². The normalized spacial score (nSPS) is 11.1. The van der Waals surface area contributed by atoms with Crippen molar-refractivity contribution in [2.24, 2.45) is 0 Å². The first kappa shape index (κ1) is 14.5. The number of aromatic nitrogens is 1. The summed E-state index contributed by atoms with van der Waals surface area (Å²) in [4.78, 5) is 3.75. The molecule has 0 radical (unpaired) electrons. The van der Waals surface area contributed by atoms with Crippen LogP contribution in [0.2, 0.25) is 0 Å². The first-order chi connectivity index (χ1) is 7.87. The molecule has 0 saturated carbocycles. The molecule has 8 heteroatoms. The fourth-order valence-corrected chi connectivity index (χ4v) is 2.69. The van der Waals surface area contributed by atoms with Crippen molar-refractivity contribution in [3.05, 3.63) is 20.9 Å². The van der Waals surface area contributed by atoms with Crippen LogP contribution >= 0.6 is 38.5 Å². The van der Waals surface area contributed by atoms with E-state index < -0.39 is 12.2 Å². The van der Waals surface area contributed by atoms with E-state index in [-0.39, 0.29) is 12.0 Å². The summed E-state index contributed by atoms with van der Waals surface area (Å²) in [6.07, 6.45) is -5.00. The number of halogens is 5. The molecule has 3 nitrogen and oxygen atoms in total.